The molecule has 0 aliphatic carbocycles. The molecule has 1 aromatic heterocycles. The van der Waals surface area contributed by atoms with Crippen LogP contribution in [0.1, 0.15) is 36.6 Å². The Labute approximate surface area is 157 Å². The van der Waals surface area contributed by atoms with Crippen LogP contribution in [0.5, 0.6) is 0 Å². The van der Waals surface area contributed by atoms with Gasteiger partial charge in [-0.1, -0.05) is 6.92 Å². The number of benzene rings is 1. The molecule has 0 saturated carbocycles. The van der Waals surface area contributed by atoms with Gasteiger partial charge >= 0.3 is 0 Å². The van der Waals surface area contributed by atoms with E-state index in [9.17, 15) is 13.6 Å². The highest BCUT2D eigenvalue weighted by Crippen LogP contribution is 2.22. The lowest BCUT2D eigenvalue weighted by Crippen LogP contribution is -2.39. The maximum atomic E-state index is 13.9. The molecule has 2 aliphatic heterocycles. The maximum Gasteiger partial charge on any atom is 0.257 e. The molecule has 2 aliphatic rings. The van der Waals surface area contributed by atoms with Crippen molar-refractivity contribution in [2.75, 3.05) is 24.5 Å². The highest BCUT2D eigenvalue weighted by atomic mass is 19.1. The summed E-state index contributed by atoms with van der Waals surface area (Å²) in [6.45, 7) is 5.36. The molecular formula is C20H24F2N4O. The lowest BCUT2D eigenvalue weighted by atomic mass is 10.0. The third-order valence-electron chi connectivity index (χ3n) is 5.49. The van der Waals surface area contributed by atoms with Crippen molar-refractivity contribution in [3.8, 4) is 0 Å². The zero-order valence-electron chi connectivity index (χ0n) is 15.5. The average molecular weight is 374 g/mol. The summed E-state index contributed by atoms with van der Waals surface area (Å²) >= 11 is 0. The van der Waals surface area contributed by atoms with Crippen molar-refractivity contribution in [3.05, 3.63) is 57.0 Å². The van der Waals surface area contributed by atoms with Crippen LogP contribution in [-0.4, -0.2) is 34.5 Å². The number of H-pyrrole nitrogens is 1. The summed E-state index contributed by atoms with van der Waals surface area (Å²) in [5.41, 5.74) is 1.63. The third kappa shape index (κ3) is 3.88. The molecule has 144 valence electrons. The molecule has 5 nitrogen and oxygen atoms in total. The lowest BCUT2D eigenvalue weighted by Gasteiger charge is -2.33. The number of halogens is 2. The third-order valence-corrected chi connectivity index (χ3v) is 5.49. The molecule has 0 radical (unpaired) electrons. The predicted molar refractivity (Wildman–Crippen MR) is 99.6 cm³/mol. The fourth-order valence-corrected chi connectivity index (χ4v) is 4.04. The molecule has 0 amide bonds. The Bertz CT molecular complexity index is 898. The molecule has 1 unspecified atom stereocenters. The van der Waals surface area contributed by atoms with Crippen LogP contribution in [0.4, 0.5) is 14.7 Å². The standard InChI is InChI=1S/C20H24F2N4O/c1-13-3-2-7-26(10-13)20-23-18-6-8-25(12-16(18)19(27)24-20)11-14-9-15(21)4-5-17(14)22/h4-5,9,13H,2-3,6-8,10-12H2,1H3,(H,23,24,27). The zero-order chi connectivity index (χ0) is 19.0. The van der Waals surface area contributed by atoms with Crippen molar-refractivity contribution in [2.24, 2.45) is 5.92 Å². The van der Waals surface area contributed by atoms with E-state index in [-0.39, 0.29) is 12.1 Å². The van der Waals surface area contributed by atoms with Crippen molar-refractivity contribution in [3.63, 3.8) is 0 Å². The van der Waals surface area contributed by atoms with E-state index < -0.39 is 11.6 Å². The lowest BCUT2D eigenvalue weighted by molar-refractivity contribution is 0.238. The van der Waals surface area contributed by atoms with Gasteiger partial charge < -0.3 is 4.90 Å². The summed E-state index contributed by atoms with van der Waals surface area (Å²) in [6, 6.07) is 3.47. The van der Waals surface area contributed by atoms with Crippen LogP contribution in [0.2, 0.25) is 0 Å². The van der Waals surface area contributed by atoms with Crippen LogP contribution in [0.3, 0.4) is 0 Å². The molecule has 1 atom stereocenters. The van der Waals surface area contributed by atoms with E-state index in [2.05, 4.69) is 16.8 Å². The monoisotopic (exact) mass is 374 g/mol. The normalized spacial score (nSPS) is 20.6. The summed E-state index contributed by atoms with van der Waals surface area (Å²) in [4.78, 5) is 24.4. The maximum absolute atomic E-state index is 13.9. The number of rotatable bonds is 3. The van der Waals surface area contributed by atoms with Crippen molar-refractivity contribution in [2.45, 2.75) is 39.3 Å². The van der Waals surface area contributed by atoms with E-state index >= 15 is 0 Å². The molecule has 7 heteroatoms. The molecular weight excluding hydrogens is 350 g/mol. The molecule has 27 heavy (non-hydrogen) atoms. The first kappa shape index (κ1) is 18.1. The minimum absolute atomic E-state index is 0.127. The topological polar surface area (TPSA) is 52.2 Å². The highest BCUT2D eigenvalue weighted by Gasteiger charge is 2.25. The van der Waals surface area contributed by atoms with Gasteiger partial charge in [-0.3, -0.25) is 14.7 Å². The molecule has 1 saturated heterocycles. The summed E-state index contributed by atoms with van der Waals surface area (Å²) < 4.78 is 27.3. The van der Waals surface area contributed by atoms with Crippen LogP contribution < -0.4 is 10.5 Å². The van der Waals surface area contributed by atoms with Crippen molar-refractivity contribution < 1.29 is 8.78 Å². The van der Waals surface area contributed by atoms with Crippen molar-refractivity contribution >= 4 is 5.95 Å². The number of fused-ring (bicyclic) bond motifs is 1. The quantitative estimate of drug-likeness (QED) is 0.898. The van der Waals surface area contributed by atoms with Crippen LogP contribution in [0.15, 0.2) is 23.0 Å². The number of aromatic nitrogens is 2. The predicted octanol–water partition coefficient (Wildman–Crippen LogP) is 2.84. The fourth-order valence-electron chi connectivity index (χ4n) is 4.04. The molecule has 1 fully saturated rings. The van der Waals surface area contributed by atoms with Gasteiger partial charge in [0, 0.05) is 44.7 Å². The minimum atomic E-state index is -0.455. The number of nitrogens with one attached hydrogen (secondary N) is 1. The molecule has 3 heterocycles. The molecule has 2 aromatic rings. The smallest absolute Gasteiger partial charge is 0.257 e. The number of aromatic amines is 1. The Morgan fingerprint density at radius 3 is 2.96 bits per heavy atom. The zero-order valence-corrected chi connectivity index (χ0v) is 15.5. The average Bonchev–Trinajstić information content (AvgIpc) is 2.65. The van der Waals surface area contributed by atoms with E-state index in [1.807, 2.05) is 4.90 Å². The number of nitrogens with zero attached hydrogens (tertiary/aromatic N) is 3. The molecule has 1 aromatic carbocycles. The number of anilines is 1. The number of piperidine rings is 1. The van der Waals surface area contributed by atoms with E-state index in [1.165, 1.54) is 12.5 Å². The van der Waals surface area contributed by atoms with Gasteiger partial charge in [-0.2, -0.15) is 0 Å². The first-order chi connectivity index (χ1) is 13.0. The van der Waals surface area contributed by atoms with E-state index in [0.717, 1.165) is 37.3 Å². The Morgan fingerprint density at radius 1 is 1.30 bits per heavy atom. The Balaban J connectivity index is 1.53. The Morgan fingerprint density at radius 2 is 2.15 bits per heavy atom. The fraction of sp³-hybridized carbons (Fsp3) is 0.500. The second kappa shape index (κ2) is 7.38. The van der Waals surface area contributed by atoms with Crippen LogP contribution >= 0.6 is 0 Å². The molecule has 4 rings (SSSR count). The number of hydrogen-bond acceptors (Lipinski definition) is 4. The van der Waals surface area contributed by atoms with Gasteiger partial charge in [0.05, 0.1) is 11.3 Å². The van der Waals surface area contributed by atoms with Gasteiger partial charge in [-0.05, 0) is 37.0 Å². The van der Waals surface area contributed by atoms with Gasteiger partial charge in [0.2, 0.25) is 5.95 Å². The first-order valence-electron chi connectivity index (χ1n) is 9.53. The second-order valence-electron chi connectivity index (χ2n) is 7.70. The summed E-state index contributed by atoms with van der Waals surface area (Å²) in [5.74, 6) is 0.374. The van der Waals surface area contributed by atoms with Gasteiger partial charge in [-0.15, -0.1) is 0 Å². The summed E-state index contributed by atoms with van der Waals surface area (Å²) in [6.07, 6.45) is 2.94. The Kier molecular flexibility index (Phi) is 4.95. The summed E-state index contributed by atoms with van der Waals surface area (Å²) in [7, 11) is 0. The van der Waals surface area contributed by atoms with Crippen LogP contribution in [0, 0.1) is 17.6 Å². The van der Waals surface area contributed by atoms with Crippen LogP contribution in [0.25, 0.3) is 0 Å². The van der Waals surface area contributed by atoms with Crippen molar-refractivity contribution in [1.29, 1.82) is 0 Å². The summed E-state index contributed by atoms with van der Waals surface area (Å²) in [5, 5.41) is 0. The van der Waals surface area contributed by atoms with Gasteiger partial charge in [0.1, 0.15) is 11.6 Å². The van der Waals surface area contributed by atoms with E-state index in [1.54, 1.807) is 0 Å². The largest absolute Gasteiger partial charge is 0.342 e. The van der Waals surface area contributed by atoms with Crippen molar-refractivity contribution in [1.82, 2.24) is 14.9 Å². The SMILES string of the molecule is CC1CCCN(c2nc3c(c(=O)[nH]2)CN(Cc2cc(F)ccc2F)CC3)C1. The van der Waals surface area contributed by atoms with E-state index in [0.29, 0.717) is 42.5 Å². The highest BCUT2D eigenvalue weighted by molar-refractivity contribution is 5.35. The van der Waals surface area contributed by atoms with Gasteiger partial charge in [0.15, 0.2) is 0 Å². The number of hydrogen-bond donors (Lipinski definition) is 1. The van der Waals surface area contributed by atoms with Gasteiger partial charge in [-0.25, -0.2) is 13.8 Å². The first-order valence-corrected chi connectivity index (χ1v) is 9.53. The van der Waals surface area contributed by atoms with Gasteiger partial charge in [0.25, 0.3) is 5.56 Å². The minimum Gasteiger partial charge on any atom is -0.342 e. The Hall–Kier alpha value is -2.28. The molecule has 1 N–H and O–H groups in total. The van der Waals surface area contributed by atoms with E-state index in [4.69, 9.17) is 4.98 Å². The second-order valence-corrected chi connectivity index (χ2v) is 7.70. The molecule has 0 bridgehead atoms. The molecule has 0 spiro atoms. The van der Waals surface area contributed by atoms with Crippen LogP contribution in [-0.2, 0) is 19.5 Å².